The number of carbonyl (C=O) groups excluding carboxylic acids is 2. The molecule has 0 aliphatic carbocycles. The summed E-state index contributed by atoms with van der Waals surface area (Å²) in [6.07, 6.45) is 2.17. The zero-order valence-electron chi connectivity index (χ0n) is 10.2. The first-order valence-electron chi connectivity index (χ1n) is 5.49. The monoisotopic (exact) mass is 262 g/mol. The van der Waals surface area contributed by atoms with E-state index in [4.69, 9.17) is 0 Å². The number of benzene rings is 1. The van der Waals surface area contributed by atoms with Gasteiger partial charge in [0.05, 0.1) is 19.2 Å². The maximum absolute atomic E-state index is 13.6. The molecule has 1 aromatic heterocycles. The third-order valence-corrected chi connectivity index (χ3v) is 2.58. The zero-order valence-corrected chi connectivity index (χ0v) is 10.2. The number of ether oxygens (including phenoxy) is 1. The van der Waals surface area contributed by atoms with Gasteiger partial charge in [0.2, 0.25) is 0 Å². The summed E-state index contributed by atoms with van der Waals surface area (Å²) in [7, 11) is 1.26. The van der Waals surface area contributed by atoms with E-state index in [1.165, 1.54) is 36.1 Å². The highest BCUT2D eigenvalue weighted by atomic mass is 19.1. The van der Waals surface area contributed by atoms with Gasteiger partial charge in [0.1, 0.15) is 11.5 Å². The molecule has 0 N–H and O–H groups in total. The maximum atomic E-state index is 13.6. The van der Waals surface area contributed by atoms with Crippen LogP contribution in [-0.2, 0) is 11.3 Å². The Morgan fingerprint density at radius 2 is 2.26 bits per heavy atom. The maximum Gasteiger partial charge on any atom is 0.337 e. The van der Waals surface area contributed by atoms with Crippen LogP contribution in [0.2, 0.25) is 0 Å². The minimum absolute atomic E-state index is 0.129. The number of halogens is 1. The normalized spacial score (nSPS) is 10.2. The second kappa shape index (κ2) is 5.43. The Labute approximate surface area is 108 Å². The molecular weight excluding hydrogens is 251 g/mol. The van der Waals surface area contributed by atoms with E-state index in [1.807, 2.05) is 0 Å². The van der Waals surface area contributed by atoms with Gasteiger partial charge in [-0.15, -0.1) is 0 Å². The van der Waals surface area contributed by atoms with E-state index >= 15 is 0 Å². The van der Waals surface area contributed by atoms with Crippen molar-refractivity contribution >= 4 is 12.3 Å². The molecule has 0 amide bonds. The summed E-state index contributed by atoms with van der Waals surface area (Å²) in [4.78, 5) is 21.9. The smallest absolute Gasteiger partial charge is 0.337 e. The molecule has 0 atom stereocenters. The molecule has 0 spiro atoms. The Bertz CT molecular complexity index is 622. The zero-order chi connectivity index (χ0) is 13.8. The second-order valence-electron chi connectivity index (χ2n) is 3.85. The van der Waals surface area contributed by atoms with Crippen LogP contribution in [0.5, 0.6) is 0 Å². The van der Waals surface area contributed by atoms with Gasteiger partial charge in [0.25, 0.3) is 0 Å². The molecule has 5 nitrogen and oxygen atoms in total. The van der Waals surface area contributed by atoms with Crippen molar-refractivity contribution in [3.05, 3.63) is 53.1 Å². The van der Waals surface area contributed by atoms with Gasteiger partial charge in [-0.25, -0.2) is 9.18 Å². The van der Waals surface area contributed by atoms with E-state index in [2.05, 4.69) is 9.84 Å². The van der Waals surface area contributed by atoms with Gasteiger partial charge in [-0.1, -0.05) is 0 Å². The Morgan fingerprint density at radius 1 is 1.47 bits per heavy atom. The molecule has 2 rings (SSSR count). The summed E-state index contributed by atoms with van der Waals surface area (Å²) in [5.41, 5.74) is 0.828. The summed E-state index contributed by atoms with van der Waals surface area (Å²) >= 11 is 0. The minimum Gasteiger partial charge on any atom is -0.465 e. The molecule has 6 heteroatoms. The Hall–Kier alpha value is -2.50. The molecular formula is C13H11FN2O3. The van der Waals surface area contributed by atoms with Crippen molar-refractivity contribution in [3.63, 3.8) is 0 Å². The van der Waals surface area contributed by atoms with Gasteiger partial charge in [-0.3, -0.25) is 9.48 Å². The Balaban J connectivity index is 2.28. The molecule has 98 valence electrons. The lowest BCUT2D eigenvalue weighted by molar-refractivity contribution is 0.0600. The van der Waals surface area contributed by atoms with Gasteiger partial charge in [0, 0.05) is 11.8 Å². The summed E-state index contributed by atoms with van der Waals surface area (Å²) < 4.78 is 19.6. The van der Waals surface area contributed by atoms with E-state index in [-0.39, 0.29) is 17.8 Å². The second-order valence-corrected chi connectivity index (χ2v) is 3.85. The van der Waals surface area contributed by atoms with Crippen molar-refractivity contribution in [1.82, 2.24) is 9.78 Å². The van der Waals surface area contributed by atoms with Crippen LogP contribution in [0.15, 0.2) is 30.5 Å². The average molecular weight is 262 g/mol. The Morgan fingerprint density at radius 3 is 2.89 bits per heavy atom. The van der Waals surface area contributed by atoms with Crippen molar-refractivity contribution in [2.45, 2.75) is 6.54 Å². The van der Waals surface area contributed by atoms with Gasteiger partial charge < -0.3 is 4.74 Å². The number of nitrogens with zero attached hydrogens (tertiary/aromatic N) is 2. The first-order chi connectivity index (χ1) is 9.13. The molecule has 0 bridgehead atoms. The number of aldehydes is 1. The van der Waals surface area contributed by atoms with Crippen LogP contribution in [0, 0.1) is 5.82 Å². The van der Waals surface area contributed by atoms with Crippen LogP contribution in [0.1, 0.15) is 26.4 Å². The van der Waals surface area contributed by atoms with E-state index < -0.39 is 11.8 Å². The van der Waals surface area contributed by atoms with Crippen LogP contribution in [0.4, 0.5) is 4.39 Å². The van der Waals surface area contributed by atoms with E-state index in [0.717, 1.165) is 0 Å². The van der Waals surface area contributed by atoms with Crippen molar-refractivity contribution < 1.29 is 18.7 Å². The third-order valence-electron chi connectivity index (χ3n) is 2.58. The standard InChI is InChI=1S/C13H11FN2O3/c1-19-13(18)9-2-3-12(14)10(6-9)7-16-5-4-11(8-17)15-16/h2-6,8H,7H2,1H3. The third kappa shape index (κ3) is 2.85. The van der Waals surface area contributed by atoms with Crippen molar-refractivity contribution in [2.75, 3.05) is 7.11 Å². The predicted octanol–water partition coefficient (Wildman–Crippen LogP) is 1.67. The fourth-order valence-corrected chi connectivity index (χ4v) is 1.64. The molecule has 19 heavy (non-hydrogen) atoms. The highest BCUT2D eigenvalue weighted by Gasteiger charge is 2.10. The molecule has 0 saturated carbocycles. The van der Waals surface area contributed by atoms with Crippen LogP contribution >= 0.6 is 0 Å². The summed E-state index contributed by atoms with van der Waals surface area (Å²) in [5.74, 6) is -0.980. The largest absolute Gasteiger partial charge is 0.465 e. The quantitative estimate of drug-likeness (QED) is 0.621. The lowest BCUT2D eigenvalue weighted by Crippen LogP contribution is -2.07. The predicted molar refractivity (Wildman–Crippen MR) is 64.5 cm³/mol. The van der Waals surface area contributed by atoms with Gasteiger partial charge in [0.15, 0.2) is 6.29 Å². The number of hydrogen-bond donors (Lipinski definition) is 0. The van der Waals surface area contributed by atoms with Crippen LogP contribution in [0.25, 0.3) is 0 Å². The average Bonchev–Trinajstić information content (AvgIpc) is 2.88. The highest BCUT2D eigenvalue weighted by Crippen LogP contribution is 2.13. The van der Waals surface area contributed by atoms with Crippen LogP contribution in [0.3, 0.4) is 0 Å². The number of methoxy groups -OCH3 is 1. The van der Waals surface area contributed by atoms with Crippen LogP contribution in [-0.4, -0.2) is 29.1 Å². The van der Waals surface area contributed by atoms with E-state index in [0.29, 0.717) is 11.8 Å². The first kappa shape index (κ1) is 12.9. The summed E-state index contributed by atoms with van der Waals surface area (Å²) in [6.45, 7) is 0.129. The van der Waals surface area contributed by atoms with E-state index in [9.17, 15) is 14.0 Å². The molecule has 1 heterocycles. The van der Waals surface area contributed by atoms with Gasteiger partial charge >= 0.3 is 5.97 Å². The summed E-state index contributed by atoms with van der Waals surface area (Å²) in [6, 6.07) is 5.48. The lowest BCUT2D eigenvalue weighted by Gasteiger charge is -2.06. The minimum atomic E-state index is -0.532. The molecule has 0 fully saturated rings. The molecule has 0 unspecified atom stereocenters. The topological polar surface area (TPSA) is 61.2 Å². The molecule has 0 saturated heterocycles. The van der Waals surface area contributed by atoms with Gasteiger partial charge in [-0.05, 0) is 24.3 Å². The highest BCUT2D eigenvalue weighted by molar-refractivity contribution is 5.89. The molecule has 2 aromatic rings. The number of hydrogen-bond acceptors (Lipinski definition) is 4. The number of aromatic nitrogens is 2. The number of esters is 1. The Kier molecular flexibility index (Phi) is 3.70. The van der Waals surface area contributed by atoms with E-state index in [1.54, 1.807) is 6.20 Å². The van der Waals surface area contributed by atoms with Crippen molar-refractivity contribution in [2.24, 2.45) is 0 Å². The SMILES string of the molecule is COC(=O)c1ccc(F)c(Cn2ccc(C=O)n2)c1. The first-order valence-corrected chi connectivity index (χ1v) is 5.49. The van der Waals surface area contributed by atoms with Crippen molar-refractivity contribution in [1.29, 1.82) is 0 Å². The fourth-order valence-electron chi connectivity index (χ4n) is 1.64. The molecule has 0 radical (unpaired) electrons. The molecule has 0 aliphatic heterocycles. The van der Waals surface area contributed by atoms with Gasteiger partial charge in [-0.2, -0.15) is 5.10 Å². The van der Waals surface area contributed by atoms with Crippen molar-refractivity contribution in [3.8, 4) is 0 Å². The number of rotatable bonds is 4. The molecule has 0 aliphatic rings. The summed E-state index contributed by atoms with van der Waals surface area (Å²) in [5, 5.41) is 3.93. The lowest BCUT2D eigenvalue weighted by atomic mass is 10.1. The van der Waals surface area contributed by atoms with Crippen LogP contribution < -0.4 is 0 Å². The molecule has 1 aromatic carbocycles. The fraction of sp³-hybridized carbons (Fsp3) is 0.154. The number of carbonyl (C=O) groups is 2.